The van der Waals surface area contributed by atoms with Gasteiger partial charge in [-0.3, -0.25) is 9.59 Å². The Morgan fingerprint density at radius 2 is 1.57 bits per heavy atom. The summed E-state index contributed by atoms with van der Waals surface area (Å²) in [5, 5.41) is 0. The molecule has 0 saturated heterocycles. The van der Waals surface area contributed by atoms with Gasteiger partial charge in [0.2, 0.25) is 5.75 Å². The van der Waals surface area contributed by atoms with Gasteiger partial charge in [0.25, 0.3) is 0 Å². The van der Waals surface area contributed by atoms with E-state index in [-0.39, 0.29) is 25.2 Å². The first-order valence-electron chi connectivity index (χ1n) is 6.51. The number of ketones is 1. The molecule has 0 amide bonds. The lowest BCUT2D eigenvalue weighted by molar-refractivity contribution is -0.145. The molecular weight excluding hydrogens is 276 g/mol. The summed E-state index contributed by atoms with van der Waals surface area (Å²) in [6.45, 7) is 1.96. The summed E-state index contributed by atoms with van der Waals surface area (Å²) in [5.74, 6) is 0.644. The number of hydrogen-bond donors (Lipinski definition) is 0. The van der Waals surface area contributed by atoms with Crippen LogP contribution in [0.25, 0.3) is 0 Å². The van der Waals surface area contributed by atoms with Crippen LogP contribution in [0.3, 0.4) is 0 Å². The molecule has 1 aromatic carbocycles. The first-order valence-corrected chi connectivity index (χ1v) is 6.51. The zero-order chi connectivity index (χ0) is 15.8. The van der Waals surface area contributed by atoms with Crippen molar-refractivity contribution in [2.24, 2.45) is 0 Å². The summed E-state index contributed by atoms with van der Waals surface area (Å²) >= 11 is 0. The second-order valence-electron chi connectivity index (χ2n) is 4.23. The van der Waals surface area contributed by atoms with Gasteiger partial charge in [-0.2, -0.15) is 0 Å². The predicted octanol–water partition coefficient (Wildman–Crippen LogP) is 1.78. The summed E-state index contributed by atoms with van der Waals surface area (Å²) < 4.78 is 20.4. The molecule has 0 radical (unpaired) electrons. The summed E-state index contributed by atoms with van der Waals surface area (Å²) in [5.41, 5.74) is 0.679. The number of esters is 1. The van der Waals surface area contributed by atoms with Gasteiger partial charge in [0.15, 0.2) is 11.5 Å². The number of hydrogen-bond acceptors (Lipinski definition) is 6. The van der Waals surface area contributed by atoms with E-state index in [1.165, 1.54) is 21.3 Å². The summed E-state index contributed by atoms with van der Waals surface area (Å²) in [4.78, 5) is 23.1. The van der Waals surface area contributed by atoms with Crippen LogP contribution in [0, 0.1) is 0 Å². The van der Waals surface area contributed by atoms with Crippen molar-refractivity contribution in [3.05, 3.63) is 17.7 Å². The van der Waals surface area contributed by atoms with Crippen LogP contribution in [-0.4, -0.2) is 39.7 Å². The molecule has 0 N–H and O–H groups in total. The van der Waals surface area contributed by atoms with Gasteiger partial charge in [-0.05, 0) is 24.6 Å². The second-order valence-corrected chi connectivity index (χ2v) is 4.23. The van der Waals surface area contributed by atoms with Gasteiger partial charge in [-0.1, -0.05) is 0 Å². The quantitative estimate of drug-likeness (QED) is 0.538. The summed E-state index contributed by atoms with van der Waals surface area (Å²) in [6.07, 6.45) is -0.153. The Balaban J connectivity index is 2.88. The Bertz CT molecular complexity index is 484. The van der Waals surface area contributed by atoms with Crippen molar-refractivity contribution in [3.8, 4) is 17.2 Å². The first kappa shape index (κ1) is 16.8. The smallest absolute Gasteiger partial charge is 0.313 e. The highest BCUT2D eigenvalue weighted by Crippen LogP contribution is 2.38. The normalized spacial score (nSPS) is 9.90. The molecule has 6 heteroatoms. The number of ether oxygens (including phenoxy) is 4. The fourth-order valence-electron chi connectivity index (χ4n) is 1.90. The Morgan fingerprint density at radius 3 is 2.00 bits per heavy atom. The average Bonchev–Trinajstić information content (AvgIpc) is 2.45. The summed E-state index contributed by atoms with van der Waals surface area (Å²) in [7, 11) is 4.51. The minimum absolute atomic E-state index is 0.0928. The lowest BCUT2D eigenvalue weighted by Crippen LogP contribution is -2.13. The van der Waals surface area contributed by atoms with Crippen LogP contribution in [0.2, 0.25) is 0 Å². The van der Waals surface area contributed by atoms with Crippen molar-refractivity contribution in [1.29, 1.82) is 0 Å². The third kappa shape index (κ3) is 4.66. The molecule has 0 aliphatic heterocycles. The molecule has 0 fully saturated rings. The molecule has 21 heavy (non-hydrogen) atoms. The molecule has 0 saturated carbocycles. The Labute approximate surface area is 123 Å². The molecule has 1 rings (SSSR count). The molecule has 0 bridgehead atoms. The van der Waals surface area contributed by atoms with Gasteiger partial charge in [0, 0.05) is 6.42 Å². The van der Waals surface area contributed by atoms with Crippen LogP contribution >= 0.6 is 0 Å². The van der Waals surface area contributed by atoms with E-state index in [9.17, 15) is 9.59 Å². The molecule has 0 aliphatic carbocycles. The second kappa shape index (κ2) is 8.14. The topological polar surface area (TPSA) is 71.1 Å². The Hall–Kier alpha value is -2.24. The fraction of sp³-hybridized carbons (Fsp3) is 0.467. The lowest BCUT2D eigenvalue weighted by Gasteiger charge is -2.13. The minimum Gasteiger partial charge on any atom is -0.493 e. The first-order chi connectivity index (χ1) is 10.0. The molecule has 0 atom stereocenters. The van der Waals surface area contributed by atoms with Crippen LogP contribution in [0.4, 0.5) is 0 Å². The zero-order valence-electron chi connectivity index (χ0n) is 12.7. The van der Waals surface area contributed by atoms with Crippen molar-refractivity contribution in [2.75, 3.05) is 27.9 Å². The molecule has 0 unspecified atom stereocenters. The Morgan fingerprint density at radius 1 is 1.00 bits per heavy atom. The number of benzene rings is 1. The maximum Gasteiger partial charge on any atom is 0.313 e. The highest BCUT2D eigenvalue weighted by molar-refractivity contribution is 5.96. The van der Waals surface area contributed by atoms with Crippen molar-refractivity contribution in [3.63, 3.8) is 0 Å². The SMILES string of the molecule is CCOC(=O)CC(=O)Cc1cc(OC)c(OC)c(OC)c1. The average molecular weight is 296 g/mol. The van der Waals surface area contributed by atoms with Gasteiger partial charge in [-0.15, -0.1) is 0 Å². The van der Waals surface area contributed by atoms with Gasteiger partial charge >= 0.3 is 5.97 Å². The van der Waals surface area contributed by atoms with Crippen LogP contribution in [0.15, 0.2) is 12.1 Å². The monoisotopic (exact) mass is 296 g/mol. The Kier molecular flexibility index (Phi) is 6.52. The van der Waals surface area contributed by atoms with E-state index >= 15 is 0 Å². The van der Waals surface area contributed by atoms with Gasteiger partial charge < -0.3 is 18.9 Å². The van der Waals surface area contributed by atoms with Crippen molar-refractivity contribution in [2.45, 2.75) is 19.8 Å². The third-order valence-electron chi connectivity index (χ3n) is 2.77. The van der Waals surface area contributed by atoms with E-state index in [1.807, 2.05) is 0 Å². The van der Waals surface area contributed by atoms with E-state index < -0.39 is 5.97 Å². The maximum absolute atomic E-state index is 11.8. The molecule has 6 nitrogen and oxygen atoms in total. The van der Waals surface area contributed by atoms with Gasteiger partial charge in [0.1, 0.15) is 12.2 Å². The number of carbonyl (C=O) groups is 2. The van der Waals surface area contributed by atoms with Crippen LogP contribution in [0.1, 0.15) is 18.9 Å². The van der Waals surface area contributed by atoms with E-state index in [0.717, 1.165) is 0 Å². The van der Waals surface area contributed by atoms with E-state index in [1.54, 1.807) is 19.1 Å². The number of Topliss-reactive ketones (excluding diaryl/α,β-unsaturated/α-hetero) is 1. The highest BCUT2D eigenvalue weighted by Gasteiger charge is 2.16. The molecule has 0 heterocycles. The molecule has 0 aliphatic rings. The minimum atomic E-state index is -0.519. The predicted molar refractivity (Wildman–Crippen MR) is 76.1 cm³/mol. The van der Waals surface area contributed by atoms with E-state index in [0.29, 0.717) is 22.8 Å². The van der Waals surface area contributed by atoms with E-state index in [2.05, 4.69) is 0 Å². The molecular formula is C15H20O6. The summed E-state index contributed by atoms with van der Waals surface area (Å²) in [6, 6.07) is 3.37. The molecule has 116 valence electrons. The fourth-order valence-corrected chi connectivity index (χ4v) is 1.90. The van der Waals surface area contributed by atoms with Crippen LogP contribution < -0.4 is 14.2 Å². The number of carbonyl (C=O) groups excluding carboxylic acids is 2. The maximum atomic E-state index is 11.8. The van der Waals surface area contributed by atoms with E-state index in [4.69, 9.17) is 18.9 Å². The van der Waals surface area contributed by atoms with Gasteiger partial charge in [0.05, 0.1) is 27.9 Å². The number of methoxy groups -OCH3 is 3. The zero-order valence-corrected chi connectivity index (χ0v) is 12.7. The van der Waals surface area contributed by atoms with Crippen LogP contribution in [0.5, 0.6) is 17.2 Å². The number of rotatable bonds is 8. The lowest BCUT2D eigenvalue weighted by atomic mass is 10.1. The standard InChI is InChI=1S/C15H20O6/c1-5-21-14(17)9-11(16)6-10-7-12(18-2)15(20-4)13(8-10)19-3/h7-8H,5-6,9H2,1-4H3. The highest BCUT2D eigenvalue weighted by atomic mass is 16.5. The molecule has 1 aromatic rings. The van der Waals surface area contributed by atoms with Crippen molar-refractivity contribution in [1.82, 2.24) is 0 Å². The third-order valence-corrected chi connectivity index (χ3v) is 2.77. The van der Waals surface area contributed by atoms with Gasteiger partial charge in [-0.25, -0.2) is 0 Å². The molecule has 0 spiro atoms. The van der Waals surface area contributed by atoms with Crippen molar-refractivity contribution >= 4 is 11.8 Å². The largest absolute Gasteiger partial charge is 0.493 e. The van der Waals surface area contributed by atoms with Crippen molar-refractivity contribution < 1.29 is 28.5 Å². The molecule has 0 aromatic heterocycles. The van der Waals surface area contributed by atoms with Crippen LogP contribution in [-0.2, 0) is 20.7 Å².